The number of methoxy groups -OCH3 is 1. The van der Waals surface area contributed by atoms with E-state index in [1.807, 2.05) is 60.7 Å². The van der Waals surface area contributed by atoms with Crippen LogP contribution in [0.1, 0.15) is 24.5 Å². The van der Waals surface area contributed by atoms with E-state index >= 15 is 0 Å². The zero-order chi connectivity index (χ0) is 24.4. The molecule has 182 valence electrons. The summed E-state index contributed by atoms with van der Waals surface area (Å²) in [6, 6.07) is 17.2. The Balaban J connectivity index is 1.77. The van der Waals surface area contributed by atoms with E-state index in [0.29, 0.717) is 0 Å². The number of hydrogen-bond acceptors (Lipinski definition) is 8. The fourth-order valence-corrected chi connectivity index (χ4v) is 3.70. The molecule has 0 radical (unpaired) electrons. The highest BCUT2D eigenvalue weighted by Gasteiger charge is 2.50. The van der Waals surface area contributed by atoms with E-state index in [-0.39, 0.29) is 32.8 Å². The molecule has 0 aromatic heterocycles. The molecule has 1 amide bonds. The normalized spacial score (nSPS) is 16.2. The summed E-state index contributed by atoms with van der Waals surface area (Å²) < 4.78 is 27.0. The molecule has 2 aromatic carbocycles. The van der Waals surface area contributed by atoms with Gasteiger partial charge >= 0.3 is 18.0 Å². The van der Waals surface area contributed by atoms with Crippen molar-refractivity contribution in [2.45, 2.75) is 38.4 Å². The van der Waals surface area contributed by atoms with Gasteiger partial charge in [-0.25, -0.2) is 4.79 Å². The Morgan fingerprint density at radius 1 is 0.912 bits per heavy atom. The lowest BCUT2D eigenvalue weighted by Gasteiger charge is -2.35. The lowest BCUT2D eigenvalue weighted by atomic mass is 9.89. The molecule has 2 aromatic rings. The maximum Gasteiger partial charge on any atom is 0.407 e. The van der Waals surface area contributed by atoms with Crippen LogP contribution in [0, 0.1) is 5.92 Å². The first kappa shape index (κ1) is 25.2. The van der Waals surface area contributed by atoms with Crippen LogP contribution in [0.2, 0.25) is 0 Å². The second-order valence-electron chi connectivity index (χ2n) is 7.88. The van der Waals surface area contributed by atoms with Crippen LogP contribution in [-0.4, -0.2) is 50.2 Å². The van der Waals surface area contributed by atoms with E-state index in [4.69, 9.17) is 23.7 Å². The van der Waals surface area contributed by atoms with Crippen LogP contribution in [0.3, 0.4) is 0 Å². The third kappa shape index (κ3) is 7.03. The second-order valence-corrected chi connectivity index (χ2v) is 7.88. The van der Waals surface area contributed by atoms with Crippen LogP contribution in [0.15, 0.2) is 60.7 Å². The van der Waals surface area contributed by atoms with Crippen molar-refractivity contribution in [3.8, 4) is 0 Å². The number of ether oxygens (including phenoxy) is 5. The van der Waals surface area contributed by atoms with Gasteiger partial charge < -0.3 is 29.0 Å². The Morgan fingerprint density at radius 2 is 1.44 bits per heavy atom. The molecule has 1 heterocycles. The highest BCUT2D eigenvalue weighted by molar-refractivity contribution is 5.79. The summed E-state index contributed by atoms with van der Waals surface area (Å²) >= 11 is 0. The summed E-state index contributed by atoms with van der Waals surface area (Å²) in [5.74, 6) is -3.90. The Morgan fingerprint density at radius 3 is 1.97 bits per heavy atom. The standard InChI is InChI=1S/C25H29NO8/c1-25(33-13-14-34-25)22(23(28)31-16-18-9-5-3-6-10-18)20(15-21(27)30-2)26-24(29)32-17-19-11-7-4-8-12-19/h3-12,20,22H,13-17H2,1-2H3,(H,26,29). The minimum absolute atomic E-state index is 0.00957. The molecule has 1 fully saturated rings. The second kappa shape index (κ2) is 12.2. The van der Waals surface area contributed by atoms with Gasteiger partial charge in [-0.1, -0.05) is 60.7 Å². The fraction of sp³-hybridized carbons (Fsp3) is 0.400. The third-order valence-corrected chi connectivity index (χ3v) is 5.44. The SMILES string of the molecule is COC(=O)CC(NC(=O)OCc1ccccc1)C(C(=O)OCc1ccccc1)C1(C)OCCO1. The molecule has 2 unspecified atom stereocenters. The topological polar surface area (TPSA) is 109 Å². The van der Waals surface area contributed by atoms with Gasteiger partial charge in [0, 0.05) is 0 Å². The van der Waals surface area contributed by atoms with E-state index in [2.05, 4.69) is 5.32 Å². The fourth-order valence-electron chi connectivity index (χ4n) is 3.70. The first-order valence-corrected chi connectivity index (χ1v) is 10.9. The van der Waals surface area contributed by atoms with Gasteiger partial charge in [0.15, 0.2) is 5.79 Å². The molecule has 0 saturated carbocycles. The number of benzene rings is 2. The van der Waals surface area contributed by atoms with Crippen molar-refractivity contribution in [1.29, 1.82) is 0 Å². The van der Waals surface area contributed by atoms with Gasteiger partial charge in [0.1, 0.15) is 19.1 Å². The highest BCUT2D eigenvalue weighted by atomic mass is 16.7. The first-order valence-electron chi connectivity index (χ1n) is 10.9. The number of carbonyl (C=O) groups excluding carboxylic acids is 3. The number of amides is 1. The number of rotatable bonds is 10. The van der Waals surface area contributed by atoms with Crippen molar-refractivity contribution in [2.75, 3.05) is 20.3 Å². The van der Waals surface area contributed by atoms with Crippen molar-refractivity contribution < 1.29 is 38.1 Å². The van der Waals surface area contributed by atoms with Crippen molar-refractivity contribution in [1.82, 2.24) is 5.32 Å². The molecule has 1 saturated heterocycles. The van der Waals surface area contributed by atoms with Crippen molar-refractivity contribution in [2.24, 2.45) is 5.92 Å². The molecule has 1 aliphatic heterocycles. The molecular weight excluding hydrogens is 442 g/mol. The number of nitrogens with one attached hydrogen (secondary N) is 1. The van der Waals surface area contributed by atoms with E-state index < -0.39 is 35.8 Å². The summed E-state index contributed by atoms with van der Waals surface area (Å²) in [4.78, 5) is 38.0. The number of alkyl carbamates (subject to hydrolysis) is 1. The van der Waals surface area contributed by atoms with Gasteiger partial charge in [-0.05, 0) is 18.1 Å². The van der Waals surface area contributed by atoms with E-state index in [9.17, 15) is 14.4 Å². The number of esters is 2. The van der Waals surface area contributed by atoms with Crippen molar-refractivity contribution in [3.63, 3.8) is 0 Å². The monoisotopic (exact) mass is 471 g/mol. The average molecular weight is 472 g/mol. The lowest BCUT2D eigenvalue weighted by Crippen LogP contribution is -2.55. The summed E-state index contributed by atoms with van der Waals surface area (Å²) in [7, 11) is 1.22. The minimum Gasteiger partial charge on any atom is -0.469 e. The Bertz CT molecular complexity index is 944. The summed E-state index contributed by atoms with van der Waals surface area (Å²) in [5, 5.41) is 2.61. The molecule has 3 rings (SSSR count). The molecule has 2 atom stereocenters. The summed E-state index contributed by atoms with van der Waals surface area (Å²) in [6.07, 6.45) is -1.12. The Hall–Kier alpha value is -3.43. The van der Waals surface area contributed by atoms with Gasteiger partial charge in [-0.15, -0.1) is 0 Å². The Kier molecular flexibility index (Phi) is 9.00. The predicted octanol–water partition coefficient (Wildman–Crippen LogP) is 2.97. The van der Waals surface area contributed by atoms with Crippen LogP contribution in [0.4, 0.5) is 4.79 Å². The highest BCUT2D eigenvalue weighted by Crippen LogP contribution is 2.33. The van der Waals surface area contributed by atoms with Gasteiger partial charge in [-0.3, -0.25) is 9.59 Å². The molecule has 9 heteroatoms. The zero-order valence-corrected chi connectivity index (χ0v) is 19.2. The van der Waals surface area contributed by atoms with Crippen molar-refractivity contribution >= 4 is 18.0 Å². The number of hydrogen-bond donors (Lipinski definition) is 1. The molecule has 1 aliphatic rings. The van der Waals surface area contributed by atoms with E-state index in [1.165, 1.54) is 7.11 Å². The van der Waals surface area contributed by atoms with Crippen LogP contribution in [0.5, 0.6) is 0 Å². The molecule has 0 bridgehead atoms. The maximum absolute atomic E-state index is 13.3. The average Bonchev–Trinajstić information content (AvgIpc) is 3.29. The first-order chi connectivity index (χ1) is 16.4. The summed E-state index contributed by atoms with van der Waals surface area (Å²) in [6.45, 7) is 2.11. The lowest BCUT2D eigenvalue weighted by molar-refractivity contribution is -0.206. The molecule has 0 aliphatic carbocycles. The van der Waals surface area contributed by atoms with Crippen LogP contribution in [0.25, 0.3) is 0 Å². The third-order valence-electron chi connectivity index (χ3n) is 5.44. The minimum atomic E-state index is -1.42. The smallest absolute Gasteiger partial charge is 0.407 e. The van der Waals surface area contributed by atoms with Crippen LogP contribution in [-0.2, 0) is 46.5 Å². The molecule has 0 spiro atoms. The van der Waals surface area contributed by atoms with Crippen molar-refractivity contribution in [3.05, 3.63) is 71.8 Å². The van der Waals surface area contributed by atoms with Crippen LogP contribution >= 0.6 is 0 Å². The molecule has 1 N–H and O–H groups in total. The Labute approximate surface area is 198 Å². The maximum atomic E-state index is 13.3. The quantitative estimate of drug-likeness (QED) is 0.416. The largest absolute Gasteiger partial charge is 0.469 e. The number of carbonyl (C=O) groups is 3. The van der Waals surface area contributed by atoms with Crippen LogP contribution < -0.4 is 5.32 Å². The van der Waals surface area contributed by atoms with E-state index in [1.54, 1.807) is 6.92 Å². The predicted molar refractivity (Wildman–Crippen MR) is 120 cm³/mol. The van der Waals surface area contributed by atoms with Gasteiger partial charge in [0.2, 0.25) is 0 Å². The van der Waals surface area contributed by atoms with Gasteiger partial charge in [-0.2, -0.15) is 0 Å². The summed E-state index contributed by atoms with van der Waals surface area (Å²) in [5.41, 5.74) is 1.57. The molecular formula is C25H29NO8. The molecule has 9 nitrogen and oxygen atoms in total. The van der Waals surface area contributed by atoms with Gasteiger partial charge in [0.25, 0.3) is 0 Å². The van der Waals surface area contributed by atoms with Gasteiger partial charge in [0.05, 0.1) is 32.8 Å². The molecule has 34 heavy (non-hydrogen) atoms. The zero-order valence-electron chi connectivity index (χ0n) is 19.2. The van der Waals surface area contributed by atoms with E-state index in [0.717, 1.165) is 11.1 Å².